The second-order valence-corrected chi connectivity index (χ2v) is 3.10. The number of rotatable bonds is 0. The van der Waals surface area contributed by atoms with Crippen LogP contribution in [0.5, 0.6) is 0 Å². The maximum atomic E-state index is 2.41. The van der Waals surface area contributed by atoms with Gasteiger partial charge in [0, 0.05) is 0 Å². The molecule has 2 aliphatic carbocycles. The van der Waals surface area contributed by atoms with E-state index in [1.165, 1.54) is 25.7 Å². The minimum atomic E-state index is 0.980. The van der Waals surface area contributed by atoms with Crippen LogP contribution >= 0.6 is 0 Å². The summed E-state index contributed by atoms with van der Waals surface area (Å²) in [4.78, 5) is 0. The Morgan fingerprint density at radius 3 is 3.00 bits per heavy atom. The molecule has 0 aromatic rings. The van der Waals surface area contributed by atoms with Gasteiger partial charge in [0.2, 0.25) is 0 Å². The highest BCUT2D eigenvalue weighted by Crippen LogP contribution is 2.37. The predicted molar refractivity (Wildman–Crippen MR) is 34.6 cm³/mol. The number of hydrogen-bond acceptors (Lipinski definition) is 0. The van der Waals surface area contributed by atoms with E-state index >= 15 is 0 Å². The zero-order valence-electron chi connectivity index (χ0n) is 5.14. The first-order valence-corrected chi connectivity index (χ1v) is 3.62. The average Bonchev–Trinajstić information content (AvgIpc) is 2.12. The third-order valence-corrected chi connectivity index (χ3v) is 2.46. The lowest BCUT2D eigenvalue weighted by molar-refractivity contribution is 0.519. The first kappa shape index (κ1) is 4.60. The summed E-state index contributed by atoms with van der Waals surface area (Å²) in [5, 5.41) is 0. The monoisotopic (exact) mass is 108 g/mol. The van der Waals surface area contributed by atoms with Crippen molar-refractivity contribution in [3.05, 3.63) is 12.2 Å². The molecule has 1 unspecified atom stereocenters. The van der Waals surface area contributed by atoms with Crippen molar-refractivity contribution in [2.45, 2.75) is 25.7 Å². The molecule has 0 N–H and O–H groups in total. The molecule has 0 aromatic heterocycles. The molecule has 2 bridgehead atoms. The van der Waals surface area contributed by atoms with Gasteiger partial charge in [-0.05, 0) is 37.5 Å². The van der Waals surface area contributed by atoms with Crippen LogP contribution in [0.2, 0.25) is 0 Å². The smallest absolute Gasteiger partial charge is 0.0231 e. The van der Waals surface area contributed by atoms with E-state index in [2.05, 4.69) is 12.2 Å². The maximum absolute atomic E-state index is 2.41. The average molecular weight is 108 g/mol. The molecule has 0 nitrogen and oxygen atoms in total. The van der Waals surface area contributed by atoms with Gasteiger partial charge in [0.25, 0.3) is 0 Å². The molecule has 44 valence electrons. The van der Waals surface area contributed by atoms with Crippen LogP contribution in [0, 0.1) is 11.8 Å². The zero-order valence-corrected chi connectivity index (χ0v) is 5.14. The predicted octanol–water partition coefficient (Wildman–Crippen LogP) is 2.36. The summed E-state index contributed by atoms with van der Waals surface area (Å²) in [6.07, 6.45) is 10.6. The molecule has 0 radical (unpaired) electrons. The Balaban J connectivity index is 2.17. The van der Waals surface area contributed by atoms with Gasteiger partial charge in [-0.3, -0.25) is 0 Å². The molecule has 2 aliphatic rings. The number of allylic oxidation sites excluding steroid dienone is 2. The summed E-state index contributed by atoms with van der Waals surface area (Å²) in [5.74, 6) is 2.05. The molecule has 2 rings (SSSR count). The van der Waals surface area contributed by atoms with E-state index in [0.717, 1.165) is 11.8 Å². The van der Waals surface area contributed by atoms with E-state index in [1.807, 2.05) is 0 Å². The molecule has 0 spiro atoms. The van der Waals surface area contributed by atoms with E-state index < -0.39 is 0 Å². The van der Waals surface area contributed by atoms with Crippen molar-refractivity contribution in [1.29, 1.82) is 0 Å². The normalized spacial score (nSPS) is 43.0. The topological polar surface area (TPSA) is 0 Å². The van der Waals surface area contributed by atoms with Crippen molar-refractivity contribution < 1.29 is 0 Å². The fraction of sp³-hybridized carbons (Fsp3) is 0.750. The molecule has 0 heteroatoms. The molecule has 2 atom stereocenters. The van der Waals surface area contributed by atoms with Crippen molar-refractivity contribution in [2.75, 3.05) is 0 Å². The second kappa shape index (κ2) is 1.61. The Bertz CT molecular complexity index is 113. The van der Waals surface area contributed by atoms with E-state index in [9.17, 15) is 0 Å². The maximum Gasteiger partial charge on any atom is -0.0231 e. The fourth-order valence-electron chi connectivity index (χ4n) is 1.97. The first-order valence-electron chi connectivity index (χ1n) is 3.62. The summed E-state index contributed by atoms with van der Waals surface area (Å²) >= 11 is 0. The van der Waals surface area contributed by atoms with Crippen LogP contribution in [0.4, 0.5) is 0 Å². The van der Waals surface area contributed by atoms with Gasteiger partial charge < -0.3 is 0 Å². The molecule has 1 fully saturated rings. The minimum Gasteiger partial charge on any atom is -0.0880 e. The highest BCUT2D eigenvalue weighted by molar-refractivity contribution is 5.00. The molecule has 0 aromatic carbocycles. The molecule has 0 aliphatic heterocycles. The minimum absolute atomic E-state index is 0.980. The third-order valence-electron chi connectivity index (χ3n) is 2.46. The number of fused-ring (bicyclic) bond motifs is 2. The molecule has 8 heavy (non-hydrogen) atoms. The second-order valence-electron chi connectivity index (χ2n) is 3.10. The lowest BCUT2D eigenvalue weighted by Crippen LogP contribution is -1.97. The summed E-state index contributed by atoms with van der Waals surface area (Å²) in [7, 11) is 0. The first-order chi connectivity index (χ1) is 3.95. The van der Waals surface area contributed by atoms with Crippen LogP contribution in [-0.2, 0) is 0 Å². The van der Waals surface area contributed by atoms with Crippen molar-refractivity contribution in [3.8, 4) is 0 Å². The summed E-state index contributed by atoms with van der Waals surface area (Å²) in [5.41, 5.74) is 0. The standard InChI is InChI=1S/C8H12/c1-2-7-4-5-8(3-1)6-7/h1-2,7-8H,3-6H2/t7-,8?/m1/s1. The van der Waals surface area contributed by atoms with E-state index in [0.29, 0.717) is 0 Å². The van der Waals surface area contributed by atoms with Gasteiger partial charge in [-0.1, -0.05) is 12.2 Å². The van der Waals surface area contributed by atoms with E-state index in [-0.39, 0.29) is 0 Å². The molecule has 1 saturated carbocycles. The quantitative estimate of drug-likeness (QED) is 0.418. The third kappa shape index (κ3) is 0.594. The van der Waals surface area contributed by atoms with Gasteiger partial charge in [0.15, 0.2) is 0 Å². The van der Waals surface area contributed by atoms with Crippen LogP contribution in [0.1, 0.15) is 25.7 Å². The van der Waals surface area contributed by atoms with Crippen LogP contribution in [-0.4, -0.2) is 0 Å². The Labute approximate surface area is 50.6 Å². The zero-order chi connectivity index (χ0) is 5.40. The SMILES string of the molecule is C1=C[C@@H]2CCC(C1)C2. The van der Waals surface area contributed by atoms with Gasteiger partial charge in [-0.15, -0.1) is 0 Å². The van der Waals surface area contributed by atoms with Gasteiger partial charge in [0.1, 0.15) is 0 Å². The molecule has 0 heterocycles. The molecular weight excluding hydrogens is 96.1 g/mol. The van der Waals surface area contributed by atoms with Gasteiger partial charge in [-0.2, -0.15) is 0 Å². The van der Waals surface area contributed by atoms with Crippen LogP contribution < -0.4 is 0 Å². The highest BCUT2D eigenvalue weighted by Gasteiger charge is 2.24. The Hall–Kier alpha value is -0.260. The molecular formula is C8H12. The Kier molecular flexibility index (Phi) is 0.927. The van der Waals surface area contributed by atoms with Crippen molar-refractivity contribution >= 4 is 0 Å². The van der Waals surface area contributed by atoms with Crippen LogP contribution in [0.3, 0.4) is 0 Å². The molecule has 0 amide bonds. The van der Waals surface area contributed by atoms with E-state index in [1.54, 1.807) is 0 Å². The molecule has 0 saturated heterocycles. The van der Waals surface area contributed by atoms with Gasteiger partial charge >= 0.3 is 0 Å². The van der Waals surface area contributed by atoms with E-state index in [4.69, 9.17) is 0 Å². The van der Waals surface area contributed by atoms with Crippen molar-refractivity contribution in [2.24, 2.45) is 11.8 Å². The summed E-state index contributed by atoms with van der Waals surface area (Å²) in [6.45, 7) is 0. The number of hydrogen-bond donors (Lipinski definition) is 0. The van der Waals surface area contributed by atoms with Gasteiger partial charge in [-0.25, -0.2) is 0 Å². The fourth-order valence-corrected chi connectivity index (χ4v) is 1.97. The highest BCUT2D eigenvalue weighted by atomic mass is 14.3. The Morgan fingerprint density at radius 1 is 1.25 bits per heavy atom. The van der Waals surface area contributed by atoms with Crippen molar-refractivity contribution in [1.82, 2.24) is 0 Å². The van der Waals surface area contributed by atoms with Crippen molar-refractivity contribution in [3.63, 3.8) is 0 Å². The summed E-state index contributed by atoms with van der Waals surface area (Å²) in [6, 6.07) is 0. The van der Waals surface area contributed by atoms with Gasteiger partial charge in [0.05, 0.1) is 0 Å². The Morgan fingerprint density at radius 2 is 2.25 bits per heavy atom. The lowest BCUT2D eigenvalue weighted by Gasteiger charge is -2.10. The van der Waals surface area contributed by atoms with Crippen LogP contribution in [0.15, 0.2) is 12.2 Å². The lowest BCUT2D eigenvalue weighted by atomic mass is 9.96. The van der Waals surface area contributed by atoms with Crippen LogP contribution in [0.25, 0.3) is 0 Å². The summed E-state index contributed by atoms with van der Waals surface area (Å²) < 4.78 is 0. The largest absolute Gasteiger partial charge is 0.0880 e.